The minimum absolute atomic E-state index is 0.315. The van der Waals surface area contributed by atoms with Crippen molar-refractivity contribution in [2.75, 3.05) is 13.1 Å². The van der Waals surface area contributed by atoms with Gasteiger partial charge in [0.2, 0.25) is 0 Å². The van der Waals surface area contributed by atoms with Crippen molar-refractivity contribution in [3.05, 3.63) is 0 Å². The van der Waals surface area contributed by atoms with E-state index >= 15 is 0 Å². The van der Waals surface area contributed by atoms with Gasteiger partial charge in [-0.15, -0.1) is 0 Å². The van der Waals surface area contributed by atoms with Crippen LogP contribution in [0, 0.1) is 0 Å². The summed E-state index contributed by atoms with van der Waals surface area (Å²) in [5.74, 6) is 0. The van der Waals surface area contributed by atoms with E-state index in [-0.39, 0.29) is 0 Å². The van der Waals surface area contributed by atoms with Crippen LogP contribution in [0.5, 0.6) is 0 Å². The second-order valence-corrected chi connectivity index (χ2v) is 7.05. The van der Waals surface area contributed by atoms with Crippen molar-refractivity contribution >= 4 is 0 Å². The Morgan fingerprint density at radius 2 is 1.14 bits per heavy atom. The summed E-state index contributed by atoms with van der Waals surface area (Å²) in [5.41, 5.74) is 0. The summed E-state index contributed by atoms with van der Waals surface area (Å²) in [4.78, 5) is 2.09. The van der Waals surface area contributed by atoms with Gasteiger partial charge in [-0.1, -0.05) is 78.1 Å². The molecule has 0 bridgehead atoms. The fourth-order valence-corrected chi connectivity index (χ4v) is 3.53. The molecular formula is C19H37F2N. The molecule has 1 heterocycles. The molecule has 3 heteroatoms. The number of halogens is 2. The Hall–Kier alpha value is -0.180. The van der Waals surface area contributed by atoms with Gasteiger partial charge in [0.25, 0.3) is 0 Å². The van der Waals surface area contributed by atoms with Gasteiger partial charge >= 0.3 is 0 Å². The molecule has 22 heavy (non-hydrogen) atoms. The zero-order valence-electron chi connectivity index (χ0n) is 14.8. The van der Waals surface area contributed by atoms with E-state index in [1.165, 1.54) is 64.2 Å². The van der Waals surface area contributed by atoms with Crippen molar-refractivity contribution in [2.45, 2.75) is 109 Å². The fourth-order valence-electron chi connectivity index (χ4n) is 3.53. The molecule has 0 amide bonds. The number of hydrogen-bond acceptors (Lipinski definition) is 1. The van der Waals surface area contributed by atoms with E-state index in [9.17, 15) is 8.78 Å². The van der Waals surface area contributed by atoms with Crippen LogP contribution < -0.4 is 0 Å². The molecule has 1 aliphatic heterocycles. The molecule has 1 rings (SSSR count). The van der Waals surface area contributed by atoms with Crippen molar-refractivity contribution in [3.8, 4) is 0 Å². The Balaban J connectivity index is 2.29. The Morgan fingerprint density at radius 3 is 1.55 bits per heavy atom. The van der Waals surface area contributed by atoms with Crippen molar-refractivity contribution in [1.29, 1.82) is 0 Å². The minimum Gasteiger partial charge on any atom is -0.294 e. The maximum atomic E-state index is 13.5. The predicted molar refractivity (Wildman–Crippen MR) is 91.9 cm³/mol. The Kier molecular flexibility index (Phi) is 11.1. The molecule has 1 aliphatic rings. The average molecular weight is 318 g/mol. The van der Waals surface area contributed by atoms with Crippen molar-refractivity contribution in [3.63, 3.8) is 0 Å². The lowest BCUT2D eigenvalue weighted by Gasteiger charge is -2.27. The third-order valence-corrected chi connectivity index (χ3v) is 5.01. The number of alkyl halides is 2. The number of likely N-dealkylation sites (tertiary alicyclic amines) is 1. The third-order valence-electron chi connectivity index (χ3n) is 5.01. The molecule has 2 atom stereocenters. The van der Waals surface area contributed by atoms with Crippen LogP contribution in [0.15, 0.2) is 0 Å². The highest BCUT2D eigenvalue weighted by atomic mass is 19.2. The van der Waals surface area contributed by atoms with Gasteiger partial charge in [0, 0.05) is 19.1 Å². The molecule has 132 valence electrons. The van der Waals surface area contributed by atoms with Gasteiger partial charge in [0.15, 0.2) is 0 Å². The first-order valence-corrected chi connectivity index (χ1v) is 9.71. The number of unbranched alkanes of at least 4 members (excludes halogenated alkanes) is 8. The molecule has 0 unspecified atom stereocenters. The zero-order chi connectivity index (χ0) is 16.2. The Bertz CT molecular complexity index is 236. The quantitative estimate of drug-likeness (QED) is 0.373. The lowest BCUT2D eigenvalue weighted by molar-refractivity contribution is 0.192. The highest BCUT2D eigenvalue weighted by Crippen LogP contribution is 2.25. The second-order valence-electron chi connectivity index (χ2n) is 7.05. The Labute approximate surface area is 136 Å². The largest absolute Gasteiger partial charge is 0.294 e. The maximum absolute atomic E-state index is 13.5. The van der Waals surface area contributed by atoms with Crippen LogP contribution in [0.1, 0.15) is 90.9 Å². The maximum Gasteiger partial charge on any atom is 0.145 e. The molecule has 1 fully saturated rings. The van der Waals surface area contributed by atoms with Crippen LogP contribution >= 0.6 is 0 Å². The normalized spacial score (nSPS) is 22.8. The molecular weight excluding hydrogens is 280 g/mol. The highest BCUT2D eigenvalue weighted by molar-refractivity contribution is 4.88. The standard InChI is InChI=1S/C19H37F2N/c1-3-5-7-9-11-13-17(14-12-10-8-6-4-2)22-15-18(20)19(21)16-22/h17-19H,3-16H2,1-2H3/t18-,19-/m1/s1. The molecule has 1 nitrogen and oxygen atoms in total. The van der Waals surface area contributed by atoms with Crippen LogP contribution in [0.3, 0.4) is 0 Å². The average Bonchev–Trinajstić information content (AvgIpc) is 2.84. The fraction of sp³-hybridized carbons (Fsp3) is 1.00. The van der Waals surface area contributed by atoms with Gasteiger partial charge in [-0.3, -0.25) is 4.90 Å². The van der Waals surface area contributed by atoms with E-state index in [1.54, 1.807) is 0 Å². The molecule has 0 aliphatic carbocycles. The first-order valence-electron chi connectivity index (χ1n) is 9.71. The van der Waals surface area contributed by atoms with E-state index in [4.69, 9.17) is 0 Å². The molecule has 0 aromatic carbocycles. The molecule has 0 N–H and O–H groups in total. The molecule has 0 aromatic heterocycles. The van der Waals surface area contributed by atoms with Crippen LogP contribution in [-0.4, -0.2) is 36.4 Å². The van der Waals surface area contributed by atoms with Gasteiger partial charge in [-0.05, 0) is 12.8 Å². The van der Waals surface area contributed by atoms with E-state index in [0.29, 0.717) is 19.1 Å². The van der Waals surface area contributed by atoms with Crippen LogP contribution in [0.4, 0.5) is 8.78 Å². The summed E-state index contributed by atoms with van der Waals surface area (Å²) in [7, 11) is 0. The number of hydrogen-bond donors (Lipinski definition) is 0. The third kappa shape index (κ3) is 7.89. The summed E-state index contributed by atoms with van der Waals surface area (Å²) in [6, 6.07) is 0.405. The van der Waals surface area contributed by atoms with E-state index in [0.717, 1.165) is 12.8 Å². The summed E-state index contributed by atoms with van der Waals surface area (Å²) in [6.07, 6.45) is 12.4. The van der Waals surface area contributed by atoms with Crippen LogP contribution in [0.2, 0.25) is 0 Å². The summed E-state index contributed by atoms with van der Waals surface area (Å²) in [6.45, 7) is 5.09. The van der Waals surface area contributed by atoms with Crippen molar-refractivity contribution in [2.24, 2.45) is 0 Å². The van der Waals surface area contributed by atoms with E-state index in [2.05, 4.69) is 18.7 Å². The van der Waals surface area contributed by atoms with E-state index in [1.807, 2.05) is 0 Å². The van der Waals surface area contributed by atoms with Gasteiger partial charge in [0.1, 0.15) is 12.3 Å². The van der Waals surface area contributed by atoms with E-state index < -0.39 is 12.3 Å². The van der Waals surface area contributed by atoms with Crippen LogP contribution in [-0.2, 0) is 0 Å². The van der Waals surface area contributed by atoms with Gasteiger partial charge in [-0.2, -0.15) is 0 Å². The summed E-state index contributed by atoms with van der Waals surface area (Å²) < 4.78 is 27.0. The smallest absolute Gasteiger partial charge is 0.145 e. The first-order chi connectivity index (χ1) is 10.7. The lowest BCUT2D eigenvalue weighted by Crippen LogP contribution is -2.34. The molecule has 1 saturated heterocycles. The molecule has 0 spiro atoms. The number of nitrogens with zero attached hydrogens (tertiary/aromatic N) is 1. The second kappa shape index (κ2) is 12.3. The summed E-state index contributed by atoms with van der Waals surface area (Å²) >= 11 is 0. The number of rotatable bonds is 13. The summed E-state index contributed by atoms with van der Waals surface area (Å²) in [5, 5.41) is 0. The first kappa shape index (κ1) is 19.9. The highest BCUT2D eigenvalue weighted by Gasteiger charge is 2.35. The van der Waals surface area contributed by atoms with Crippen LogP contribution in [0.25, 0.3) is 0 Å². The topological polar surface area (TPSA) is 3.24 Å². The molecule has 0 saturated carbocycles. The Morgan fingerprint density at radius 1 is 0.727 bits per heavy atom. The van der Waals surface area contributed by atoms with Crippen molar-refractivity contribution in [1.82, 2.24) is 4.90 Å². The van der Waals surface area contributed by atoms with Crippen molar-refractivity contribution < 1.29 is 8.78 Å². The van der Waals surface area contributed by atoms with Gasteiger partial charge < -0.3 is 0 Å². The lowest BCUT2D eigenvalue weighted by atomic mass is 9.99. The molecule has 0 aromatic rings. The van der Waals surface area contributed by atoms with Gasteiger partial charge in [-0.25, -0.2) is 8.78 Å². The predicted octanol–water partition coefficient (Wildman–Crippen LogP) is 6.07. The van der Waals surface area contributed by atoms with Gasteiger partial charge in [0.05, 0.1) is 0 Å². The minimum atomic E-state index is -1.26. The monoisotopic (exact) mass is 317 g/mol. The SMILES string of the molecule is CCCCCCCC(CCCCCCC)N1C[C@@H](F)[C@H](F)C1. The molecule has 0 radical (unpaired) electrons. The zero-order valence-corrected chi connectivity index (χ0v) is 14.8.